The first kappa shape index (κ1) is 11.4. The lowest BCUT2D eigenvalue weighted by Gasteiger charge is -2.05. The largest absolute Gasteiger partial charge is 0.370 e. The van der Waals surface area contributed by atoms with Crippen molar-refractivity contribution in [2.75, 3.05) is 11.9 Å². The van der Waals surface area contributed by atoms with E-state index in [4.69, 9.17) is 0 Å². The quantitative estimate of drug-likeness (QED) is 0.877. The number of nitrogens with one attached hydrogen (secondary N) is 1. The van der Waals surface area contributed by atoms with Gasteiger partial charge in [-0.3, -0.25) is 4.68 Å². The standard InChI is InChI=1S/C11H13IN4/c1-2-13-11-5-3-4-10(15-11)8-16-7-9(12)6-14-16/h3-7H,2,8H2,1H3,(H,13,15). The second-order valence-corrected chi connectivity index (χ2v) is 4.65. The maximum Gasteiger partial charge on any atom is 0.126 e. The highest BCUT2D eigenvalue weighted by Gasteiger charge is 2.00. The molecule has 0 bridgehead atoms. The Labute approximate surface area is 108 Å². The summed E-state index contributed by atoms with van der Waals surface area (Å²) in [5.41, 5.74) is 1.01. The number of nitrogens with zero attached hydrogens (tertiary/aromatic N) is 3. The average Bonchev–Trinajstić information content (AvgIpc) is 2.65. The Balaban J connectivity index is 2.12. The summed E-state index contributed by atoms with van der Waals surface area (Å²) in [6, 6.07) is 5.99. The lowest BCUT2D eigenvalue weighted by molar-refractivity contribution is 0.673. The number of pyridine rings is 1. The number of aromatic nitrogens is 3. The zero-order valence-electron chi connectivity index (χ0n) is 9.02. The molecule has 5 heteroatoms. The minimum absolute atomic E-state index is 0.711. The van der Waals surface area contributed by atoms with Crippen LogP contribution in [0.25, 0.3) is 0 Å². The summed E-state index contributed by atoms with van der Waals surface area (Å²) in [6.07, 6.45) is 3.84. The van der Waals surface area contributed by atoms with Crippen molar-refractivity contribution in [2.45, 2.75) is 13.5 Å². The molecule has 0 atom stereocenters. The Hall–Kier alpha value is -1.11. The van der Waals surface area contributed by atoms with Crippen LogP contribution >= 0.6 is 22.6 Å². The lowest BCUT2D eigenvalue weighted by atomic mass is 10.3. The van der Waals surface area contributed by atoms with E-state index in [-0.39, 0.29) is 0 Å². The van der Waals surface area contributed by atoms with Crippen LogP contribution in [0.15, 0.2) is 30.6 Å². The Morgan fingerprint density at radius 3 is 3.00 bits per heavy atom. The van der Waals surface area contributed by atoms with Gasteiger partial charge in [-0.1, -0.05) is 6.07 Å². The molecule has 0 unspecified atom stereocenters. The van der Waals surface area contributed by atoms with Gasteiger partial charge in [0.15, 0.2) is 0 Å². The van der Waals surface area contributed by atoms with E-state index in [1.165, 1.54) is 0 Å². The van der Waals surface area contributed by atoms with E-state index >= 15 is 0 Å². The van der Waals surface area contributed by atoms with E-state index in [9.17, 15) is 0 Å². The van der Waals surface area contributed by atoms with Crippen LogP contribution in [0, 0.1) is 3.57 Å². The third-order valence-corrected chi connectivity index (χ3v) is 2.65. The molecule has 0 fully saturated rings. The van der Waals surface area contributed by atoms with Gasteiger partial charge in [0.05, 0.1) is 22.0 Å². The van der Waals surface area contributed by atoms with E-state index in [0.717, 1.165) is 21.6 Å². The summed E-state index contributed by atoms with van der Waals surface area (Å²) in [7, 11) is 0. The van der Waals surface area contributed by atoms with E-state index < -0.39 is 0 Å². The molecular formula is C11H13IN4. The normalized spacial score (nSPS) is 10.4. The van der Waals surface area contributed by atoms with E-state index in [2.05, 4.69) is 44.9 Å². The molecule has 0 saturated heterocycles. The monoisotopic (exact) mass is 328 g/mol. The fourth-order valence-electron chi connectivity index (χ4n) is 1.44. The Bertz CT molecular complexity index is 467. The van der Waals surface area contributed by atoms with E-state index in [1.807, 2.05) is 35.3 Å². The van der Waals surface area contributed by atoms with Crippen LogP contribution in [0.2, 0.25) is 0 Å². The first-order chi connectivity index (χ1) is 7.78. The molecule has 0 spiro atoms. The summed E-state index contributed by atoms with van der Waals surface area (Å²) in [4.78, 5) is 4.49. The van der Waals surface area contributed by atoms with Crippen LogP contribution in [0.5, 0.6) is 0 Å². The van der Waals surface area contributed by atoms with Gasteiger partial charge < -0.3 is 5.32 Å². The maximum absolute atomic E-state index is 4.49. The Morgan fingerprint density at radius 1 is 1.44 bits per heavy atom. The average molecular weight is 328 g/mol. The minimum atomic E-state index is 0.711. The second kappa shape index (κ2) is 5.29. The molecule has 16 heavy (non-hydrogen) atoms. The topological polar surface area (TPSA) is 42.7 Å². The number of rotatable bonds is 4. The molecule has 0 aliphatic carbocycles. The van der Waals surface area contributed by atoms with Crippen molar-refractivity contribution < 1.29 is 0 Å². The van der Waals surface area contributed by atoms with Crippen molar-refractivity contribution >= 4 is 28.4 Å². The van der Waals surface area contributed by atoms with Gasteiger partial charge in [-0.05, 0) is 41.6 Å². The van der Waals surface area contributed by atoms with Crippen LogP contribution in [-0.4, -0.2) is 21.3 Å². The van der Waals surface area contributed by atoms with Crippen LogP contribution in [-0.2, 0) is 6.54 Å². The van der Waals surface area contributed by atoms with Gasteiger partial charge in [-0.2, -0.15) is 5.10 Å². The van der Waals surface area contributed by atoms with Crippen molar-refractivity contribution in [3.8, 4) is 0 Å². The third-order valence-electron chi connectivity index (χ3n) is 2.09. The molecule has 2 aromatic heterocycles. The predicted octanol–water partition coefficient (Wildman–Crippen LogP) is 2.36. The van der Waals surface area contributed by atoms with Gasteiger partial charge >= 0.3 is 0 Å². The van der Waals surface area contributed by atoms with Crippen LogP contribution in [0.1, 0.15) is 12.6 Å². The summed E-state index contributed by atoms with van der Waals surface area (Å²) in [6.45, 7) is 3.66. The highest BCUT2D eigenvalue weighted by molar-refractivity contribution is 14.1. The number of hydrogen-bond donors (Lipinski definition) is 1. The first-order valence-electron chi connectivity index (χ1n) is 5.15. The Kier molecular flexibility index (Phi) is 3.76. The van der Waals surface area contributed by atoms with Crippen LogP contribution < -0.4 is 5.32 Å². The molecule has 0 aliphatic rings. The van der Waals surface area contributed by atoms with Gasteiger partial charge in [-0.25, -0.2) is 4.98 Å². The zero-order chi connectivity index (χ0) is 11.4. The summed E-state index contributed by atoms with van der Waals surface area (Å²) in [5, 5.41) is 7.43. The van der Waals surface area contributed by atoms with Gasteiger partial charge in [0, 0.05) is 12.7 Å². The van der Waals surface area contributed by atoms with Crippen molar-refractivity contribution in [1.29, 1.82) is 0 Å². The summed E-state index contributed by atoms with van der Waals surface area (Å²) in [5.74, 6) is 0.918. The SMILES string of the molecule is CCNc1cccc(Cn2cc(I)cn2)n1. The van der Waals surface area contributed by atoms with E-state index in [1.54, 1.807) is 0 Å². The molecule has 0 saturated carbocycles. The molecule has 2 heterocycles. The minimum Gasteiger partial charge on any atom is -0.370 e. The van der Waals surface area contributed by atoms with Crippen molar-refractivity contribution in [3.05, 3.63) is 39.9 Å². The molecular weight excluding hydrogens is 315 g/mol. The molecule has 0 amide bonds. The molecule has 0 aliphatic heterocycles. The maximum atomic E-state index is 4.49. The highest BCUT2D eigenvalue weighted by atomic mass is 127. The fourth-order valence-corrected chi connectivity index (χ4v) is 1.88. The van der Waals surface area contributed by atoms with Crippen molar-refractivity contribution in [3.63, 3.8) is 0 Å². The molecule has 0 aromatic carbocycles. The molecule has 0 radical (unpaired) electrons. The van der Waals surface area contributed by atoms with Gasteiger partial charge in [0.2, 0.25) is 0 Å². The number of halogens is 1. The van der Waals surface area contributed by atoms with E-state index in [0.29, 0.717) is 6.54 Å². The lowest BCUT2D eigenvalue weighted by Crippen LogP contribution is -2.05. The third kappa shape index (κ3) is 2.94. The van der Waals surface area contributed by atoms with Crippen LogP contribution in [0.4, 0.5) is 5.82 Å². The molecule has 2 rings (SSSR count). The zero-order valence-corrected chi connectivity index (χ0v) is 11.2. The summed E-state index contributed by atoms with van der Waals surface area (Å²) >= 11 is 2.25. The second-order valence-electron chi connectivity index (χ2n) is 3.40. The molecule has 1 N–H and O–H groups in total. The molecule has 84 valence electrons. The predicted molar refractivity (Wildman–Crippen MR) is 72.4 cm³/mol. The summed E-state index contributed by atoms with van der Waals surface area (Å²) < 4.78 is 3.03. The highest BCUT2D eigenvalue weighted by Crippen LogP contribution is 2.07. The van der Waals surface area contributed by atoms with Crippen molar-refractivity contribution in [1.82, 2.24) is 14.8 Å². The van der Waals surface area contributed by atoms with Gasteiger partial charge in [0.25, 0.3) is 0 Å². The van der Waals surface area contributed by atoms with Crippen molar-refractivity contribution in [2.24, 2.45) is 0 Å². The molecule has 4 nitrogen and oxygen atoms in total. The molecule has 2 aromatic rings. The Morgan fingerprint density at radius 2 is 2.31 bits per heavy atom. The van der Waals surface area contributed by atoms with Gasteiger partial charge in [-0.15, -0.1) is 0 Å². The number of anilines is 1. The smallest absolute Gasteiger partial charge is 0.126 e. The first-order valence-corrected chi connectivity index (χ1v) is 6.23. The van der Waals surface area contributed by atoms with Crippen LogP contribution in [0.3, 0.4) is 0 Å². The van der Waals surface area contributed by atoms with Gasteiger partial charge in [0.1, 0.15) is 5.82 Å². The fraction of sp³-hybridized carbons (Fsp3) is 0.273. The number of hydrogen-bond acceptors (Lipinski definition) is 3.